The molecular weight excluding hydrogens is 252 g/mol. The first kappa shape index (κ1) is 13.4. The average Bonchev–Trinajstić information content (AvgIpc) is 2.91. The number of piperidine rings is 1. The molecule has 9 heteroatoms. The minimum absolute atomic E-state index is 0.0602. The maximum atomic E-state index is 12.0. The summed E-state index contributed by atoms with van der Waals surface area (Å²) in [5, 5.41) is 24.4. The molecule has 0 spiro atoms. The summed E-state index contributed by atoms with van der Waals surface area (Å²) in [6.07, 6.45) is 1.87. The van der Waals surface area contributed by atoms with Crippen molar-refractivity contribution in [1.82, 2.24) is 30.8 Å². The number of hydrogen-bond acceptors (Lipinski definition) is 6. The summed E-state index contributed by atoms with van der Waals surface area (Å²) >= 11 is 0. The van der Waals surface area contributed by atoms with Gasteiger partial charge in [-0.25, -0.2) is 0 Å². The van der Waals surface area contributed by atoms with E-state index in [2.05, 4.69) is 25.9 Å². The number of aliphatic carboxylic acids is 1. The van der Waals surface area contributed by atoms with E-state index in [1.807, 2.05) is 0 Å². The Hall–Kier alpha value is -2.03. The highest BCUT2D eigenvalue weighted by atomic mass is 16.4. The van der Waals surface area contributed by atoms with Gasteiger partial charge in [0, 0.05) is 19.6 Å². The number of amides is 1. The Kier molecular flexibility index (Phi) is 4.39. The quantitative estimate of drug-likeness (QED) is 0.608. The number of aromatic nitrogens is 4. The third-order valence-corrected chi connectivity index (χ3v) is 3.05. The fourth-order valence-electron chi connectivity index (χ4n) is 2.19. The van der Waals surface area contributed by atoms with Gasteiger partial charge in [0.15, 0.2) is 0 Å². The number of rotatable bonds is 5. The van der Waals surface area contributed by atoms with Gasteiger partial charge in [0.25, 0.3) is 11.7 Å². The van der Waals surface area contributed by atoms with E-state index in [4.69, 9.17) is 5.11 Å². The van der Waals surface area contributed by atoms with E-state index in [0.717, 1.165) is 12.8 Å². The van der Waals surface area contributed by atoms with Crippen molar-refractivity contribution in [3.05, 3.63) is 5.82 Å². The molecule has 0 saturated carbocycles. The zero-order valence-electron chi connectivity index (χ0n) is 10.4. The van der Waals surface area contributed by atoms with Crippen LogP contribution in [0.5, 0.6) is 0 Å². The number of carboxylic acids is 1. The zero-order valence-corrected chi connectivity index (χ0v) is 10.4. The summed E-state index contributed by atoms with van der Waals surface area (Å²) in [4.78, 5) is 24.1. The first-order valence-corrected chi connectivity index (χ1v) is 6.12. The number of nitrogens with zero attached hydrogens (tertiary/aromatic N) is 4. The number of H-pyrrole nitrogens is 1. The number of nitrogens with one attached hydrogen (secondary N) is 2. The van der Waals surface area contributed by atoms with Crippen LogP contribution in [0.15, 0.2) is 0 Å². The summed E-state index contributed by atoms with van der Waals surface area (Å²) in [7, 11) is 0. The molecule has 1 unspecified atom stereocenters. The molecule has 0 aromatic carbocycles. The van der Waals surface area contributed by atoms with Crippen LogP contribution in [0.25, 0.3) is 0 Å². The second-order valence-corrected chi connectivity index (χ2v) is 4.52. The molecule has 0 bridgehead atoms. The monoisotopic (exact) mass is 268 g/mol. The van der Waals surface area contributed by atoms with Gasteiger partial charge in [-0.05, 0) is 24.0 Å². The number of tetrazole rings is 1. The van der Waals surface area contributed by atoms with Gasteiger partial charge >= 0.3 is 5.97 Å². The van der Waals surface area contributed by atoms with Gasteiger partial charge < -0.3 is 15.3 Å². The van der Waals surface area contributed by atoms with Gasteiger partial charge in [0.1, 0.15) is 0 Å². The molecule has 1 aliphatic heterocycles. The third-order valence-electron chi connectivity index (χ3n) is 3.05. The molecule has 1 aromatic rings. The smallest absolute Gasteiger partial charge is 0.317 e. The molecular formula is C10H16N6O3. The second kappa shape index (κ2) is 6.23. The van der Waals surface area contributed by atoms with Gasteiger partial charge in [0.05, 0.1) is 6.54 Å². The Labute approximate surface area is 109 Å². The maximum absolute atomic E-state index is 12.0. The molecule has 1 atom stereocenters. The number of carboxylic acid groups (broad SMARTS) is 1. The minimum atomic E-state index is -0.879. The Morgan fingerprint density at radius 1 is 1.53 bits per heavy atom. The highest BCUT2D eigenvalue weighted by molar-refractivity contribution is 5.90. The van der Waals surface area contributed by atoms with Crippen LogP contribution in [0.3, 0.4) is 0 Å². The van der Waals surface area contributed by atoms with Crippen molar-refractivity contribution in [3.63, 3.8) is 0 Å². The lowest BCUT2D eigenvalue weighted by atomic mass is 9.98. The van der Waals surface area contributed by atoms with Crippen molar-refractivity contribution in [2.75, 3.05) is 26.2 Å². The molecule has 1 saturated heterocycles. The number of carbonyl (C=O) groups excluding carboxylic acids is 1. The molecule has 1 aliphatic rings. The van der Waals surface area contributed by atoms with Crippen LogP contribution in [0, 0.1) is 5.92 Å². The van der Waals surface area contributed by atoms with Crippen LogP contribution in [0.4, 0.5) is 0 Å². The number of aromatic amines is 1. The summed E-state index contributed by atoms with van der Waals surface area (Å²) in [5.74, 6) is -0.796. The summed E-state index contributed by atoms with van der Waals surface area (Å²) in [6.45, 7) is 1.78. The Morgan fingerprint density at radius 3 is 3.05 bits per heavy atom. The fourth-order valence-corrected chi connectivity index (χ4v) is 2.19. The van der Waals surface area contributed by atoms with Crippen molar-refractivity contribution < 1.29 is 14.7 Å². The fraction of sp³-hybridized carbons (Fsp3) is 0.700. The summed E-state index contributed by atoms with van der Waals surface area (Å²) < 4.78 is 0. The highest BCUT2D eigenvalue weighted by Gasteiger charge is 2.26. The van der Waals surface area contributed by atoms with Crippen LogP contribution in [0.1, 0.15) is 23.5 Å². The topological polar surface area (TPSA) is 124 Å². The average molecular weight is 268 g/mol. The molecule has 2 rings (SSSR count). The van der Waals surface area contributed by atoms with Crippen LogP contribution in [-0.4, -0.2) is 68.7 Å². The van der Waals surface area contributed by atoms with Crippen LogP contribution >= 0.6 is 0 Å². The lowest BCUT2D eigenvalue weighted by molar-refractivity contribution is -0.136. The van der Waals surface area contributed by atoms with Gasteiger partial charge in [-0.3, -0.25) is 9.59 Å². The molecule has 0 radical (unpaired) electrons. The van der Waals surface area contributed by atoms with Crippen molar-refractivity contribution in [2.45, 2.75) is 12.8 Å². The molecule has 1 fully saturated rings. The number of carbonyl (C=O) groups is 2. The van der Waals surface area contributed by atoms with Crippen molar-refractivity contribution in [3.8, 4) is 0 Å². The highest BCUT2D eigenvalue weighted by Crippen LogP contribution is 2.16. The third kappa shape index (κ3) is 3.71. The summed E-state index contributed by atoms with van der Waals surface area (Å²) in [5.41, 5.74) is 0. The Balaban J connectivity index is 1.83. The molecule has 1 amide bonds. The molecule has 2 heterocycles. The molecule has 0 aliphatic carbocycles. The first-order valence-electron chi connectivity index (χ1n) is 6.12. The van der Waals surface area contributed by atoms with Gasteiger partial charge in [-0.1, -0.05) is 0 Å². The Bertz CT molecular complexity index is 434. The van der Waals surface area contributed by atoms with E-state index in [1.165, 1.54) is 0 Å². The standard InChI is InChI=1S/C10H16N6O3/c17-8(18)5-11-4-7-2-1-3-16(6-7)10(19)9-12-14-15-13-9/h7,11H,1-6H2,(H,17,18)(H,12,13,14,15). The van der Waals surface area contributed by atoms with Gasteiger partial charge in [-0.2, -0.15) is 5.21 Å². The van der Waals surface area contributed by atoms with Crippen molar-refractivity contribution in [2.24, 2.45) is 5.92 Å². The lowest BCUT2D eigenvalue weighted by Crippen LogP contribution is -2.43. The van der Waals surface area contributed by atoms with Gasteiger partial charge in [-0.15, -0.1) is 10.2 Å². The van der Waals surface area contributed by atoms with E-state index in [1.54, 1.807) is 4.90 Å². The normalized spacial score (nSPS) is 19.4. The largest absolute Gasteiger partial charge is 0.480 e. The lowest BCUT2D eigenvalue weighted by Gasteiger charge is -2.32. The van der Waals surface area contributed by atoms with Crippen molar-refractivity contribution >= 4 is 11.9 Å². The molecule has 1 aromatic heterocycles. The second-order valence-electron chi connectivity index (χ2n) is 4.52. The van der Waals surface area contributed by atoms with Crippen LogP contribution in [0.2, 0.25) is 0 Å². The maximum Gasteiger partial charge on any atom is 0.317 e. The molecule has 19 heavy (non-hydrogen) atoms. The Morgan fingerprint density at radius 2 is 2.37 bits per heavy atom. The zero-order chi connectivity index (χ0) is 13.7. The summed E-state index contributed by atoms with van der Waals surface area (Å²) in [6, 6.07) is 0. The number of likely N-dealkylation sites (tertiary alicyclic amines) is 1. The van der Waals surface area contributed by atoms with Crippen molar-refractivity contribution in [1.29, 1.82) is 0 Å². The number of hydrogen-bond donors (Lipinski definition) is 3. The first-order chi connectivity index (χ1) is 9.16. The predicted molar refractivity (Wildman–Crippen MR) is 63.3 cm³/mol. The van der Waals surface area contributed by atoms with Crippen LogP contribution in [-0.2, 0) is 4.79 Å². The van der Waals surface area contributed by atoms with E-state index >= 15 is 0 Å². The minimum Gasteiger partial charge on any atom is -0.480 e. The van der Waals surface area contributed by atoms with E-state index in [0.29, 0.717) is 19.6 Å². The van der Waals surface area contributed by atoms with E-state index in [-0.39, 0.29) is 24.2 Å². The van der Waals surface area contributed by atoms with E-state index in [9.17, 15) is 9.59 Å². The molecule has 9 nitrogen and oxygen atoms in total. The van der Waals surface area contributed by atoms with Crippen LogP contribution < -0.4 is 5.32 Å². The SMILES string of the molecule is O=C(O)CNCC1CCCN(C(=O)c2nn[nH]n2)C1. The molecule has 3 N–H and O–H groups in total. The van der Waals surface area contributed by atoms with Gasteiger partial charge in [0.2, 0.25) is 0 Å². The molecule has 104 valence electrons. The predicted octanol–water partition coefficient (Wildman–Crippen LogP) is -1.27. The van der Waals surface area contributed by atoms with E-state index < -0.39 is 5.97 Å².